The van der Waals surface area contributed by atoms with Crippen molar-refractivity contribution in [2.24, 2.45) is 0 Å². The predicted octanol–water partition coefficient (Wildman–Crippen LogP) is 5.15. The van der Waals surface area contributed by atoms with Crippen molar-refractivity contribution in [3.05, 3.63) is 47.8 Å². The summed E-state index contributed by atoms with van der Waals surface area (Å²) in [6.07, 6.45) is -0.334. The van der Waals surface area contributed by atoms with E-state index in [2.05, 4.69) is 0 Å². The maximum atomic E-state index is 12.6. The smallest absolute Gasteiger partial charge is 0.420 e. The minimum Gasteiger partial charge on any atom is -0.443 e. The van der Waals surface area contributed by atoms with Crippen LogP contribution in [0.5, 0.6) is 0 Å². The summed E-state index contributed by atoms with van der Waals surface area (Å²) in [4.78, 5) is 13.5. The molecule has 0 unspecified atom stereocenters. The number of thiophene rings is 1. The zero-order valence-electron chi connectivity index (χ0n) is 12.3. The number of benzene rings is 1. The lowest BCUT2D eigenvalue weighted by atomic mass is 10.1. The van der Waals surface area contributed by atoms with Crippen LogP contribution in [0.2, 0.25) is 0 Å². The SMILES string of the molecule is CC(C)(C)OC(=O)n1c(-c2ccccc2)cc2ccsc21. The molecule has 0 saturated heterocycles. The fraction of sp³-hybridized carbons (Fsp3) is 0.235. The van der Waals surface area contributed by atoms with Crippen molar-refractivity contribution >= 4 is 27.6 Å². The molecule has 0 aliphatic rings. The fourth-order valence-corrected chi connectivity index (χ4v) is 3.12. The second kappa shape index (κ2) is 5.04. The molecule has 0 bridgehead atoms. The summed E-state index contributed by atoms with van der Waals surface area (Å²) in [6, 6.07) is 14.0. The third-order valence-electron chi connectivity index (χ3n) is 3.06. The molecule has 0 spiro atoms. The normalized spacial score (nSPS) is 11.8. The van der Waals surface area contributed by atoms with Crippen LogP contribution in [0.1, 0.15) is 20.8 Å². The number of nitrogens with zero attached hydrogens (tertiary/aromatic N) is 1. The summed E-state index contributed by atoms with van der Waals surface area (Å²) in [5, 5.41) is 3.05. The second-order valence-corrected chi connectivity index (χ2v) is 6.79. The van der Waals surface area contributed by atoms with Gasteiger partial charge in [-0.15, -0.1) is 11.3 Å². The lowest BCUT2D eigenvalue weighted by Gasteiger charge is -2.20. The zero-order valence-corrected chi connectivity index (χ0v) is 13.1. The number of carbonyl (C=O) groups excluding carboxylic acids is 1. The van der Waals surface area contributed by atoms with E-state index in [4.69, 9.17) is 4.74 Å². The topological polar surface area (TPSA) is 31.2 Å². The lowest BCUT2D eigenvalue weighted by molar-refractivity contribution is 0.0548. The number of carbonyl (C=O) groups is 1. The van der Waals surface area contributed by atoms with Crippen molar-refractivity contribution < 1.29 is 9.53 Å². The Morgan fingerprint density at radius 2 is 1.86 bits per heavy atom. The molecule has 3 rings (SSSR count). The first kappa shape index (κ1) is 13.9. The lowest BCUT2D eigenvalue weighted by Crippen LogP contribution is -2.27. The van der Waals surface area contributed by atoms with E-state index in [9.17, 15) is 4.79 Å². The van der Waals surface area contributed by atoms with Gasteiger partial charge in [0.25, 0.3) is 0 Å². The van der Waals surface area contributed by atoms with Gasteiger partial charge in [-0.2, -0.15) is 0 Å². The number of hydrogen-bond acceptors (Lipinski definition) is 3. The summed E-state index contributed by atoms with van der Waals surface area (Å²) in [6.45, 7) is 5.63. The highest BCUT2D eigenvalue weighted by Gasteiger charge is 2.23. The van der Waals surface area contributed by atoms with E-state index in [0.717, 1.165) is 21.5 Å². The largest absolute Gasteiger partial charge is 0.443 e. The van der Waals surface area contributed by atoms with Gasteiger partial charge in [0.05, 0.1) is 5.69 Å². The van der Waals surface area contributed by atoms with Gasteiger partial charge in [0, 0.05) is 5.39 Å². The molecule has 21 heavy (non-hydrogen) atoms. The van der Waals surface area contributed by atoms with Crippen molar-refractivity contribution in [1.29, 1.82) is 0 Å². The van der Waals surface area contributed by atoms with E-state index in [-0.39, 0.29) is 6.09 Å². The van der Waals surface area contributed by atoms with Crippen molar-refractivity contribution in [3.8, 4) is 11.3 Å². The second-order valence-electron chi connectivity index (χ2n) is 5.89. The number of ether oxygens (including phenoxy) is 1. The number of fused-ring (bicyclic) bond motifs is 1. The third-order valence-corrected chi connectivity index (χ3v) is 3.97. The molecule has 0 saturated carbocycles. The van der Waals surface area contributed by atoms with Crippen LogP contribution >= 0.6 is 11.3 Å². The summed E-state index contributed by atoms with van der Waals surface area (Å²) in [7, 11) is 0. The van der Waals surface area contributed by atoms with E-state index < -0.39 is 5.60 Å². The highest BCUT2D eigenvalue weighted by molar-refractivity contribution is 7.17. The third kappa shape index (κ3) is 2.72. The Hall–Kier alpha value is -2.07. The molecule has 0 aliphatic carbocycles. The average molecular weight is 299 g/mol. The summed E-state index contributed by atoms with van der Waals surface area (Å²) < 4.78 is 7.22. The standard InChI is InChI=1S/C17H17NO2S/c1-17(2,3)20-16(19)18-14(12-7-5-4-6-8-12)11-13-9-10-21-15(13)18/h4-11H,1-3H3. The number of aromatic nitrogens is 1. The van der Waals surface area contributed by atoms with Gasteiger partial charge in [0.15, 0.2) is 0 Å². The molecular formula is C17H17NO2S. The molecule has 1 aromatic carbocycles. The molecular weight excluding hydrogens is 282 g/mol. The van der Waals surface area contributed by atoms with Crippen molar-refractivity contribution in [2.75, 3.05) is 0 Å². The number of rotatable bonds is 1. The molecule has 3 nitrogen and oxygen atoms in total. The minimum absolute atomic E-state index is 0.334. The first-order chi connectivity index (χ1) is 9.96. The van der Waals surface area contributed by atoms with Crippen LogP contribution in [0.15, 0.2) is 47.8 Å². The van der Waals surface area contributed by atoms with Gasteiger partial charge in [0.2, 0.25) is 0 Å². The van der Waals surface area contributed by atoms with Crippen molar-refractivity contribution in [2.45, 2.75) is 26.4 Å². The molecule has 2 aromatic heterocycles. The Balaban J connectivity index is 2.15. The van der Waals surface area contributed by atoms with Crippen molar-refractivity contribution in [1.82, 2.24) is 4.57 Å². The van der Waals surface area contributed by atoms with E-state index in [1.54, 1.807) is 15.9 Å². The predicted molar refractivity (Wildman–Crippen MR) is 86.9 cm³/mol. The molecule has 3 aromatic rings. The summed E-state index contributed by atoms with van der Waals surface area (Å²) in [5.41, 5.74) is 1.36. The van der Waals surface area contributed by atoms with Gasteiger partial charge in [-0.3, -0.25) is 0 Å². The first-order valence-electron chi connectivity index (χ1n) is 6.83. The van der Waals surface area contributed by atoms with Gasteiger partial charge >= 0.3 is 6.09 Å². The zero-order chi connectivity index (χ0) is 15.0. The van der Waals surface area contributed by atoms with E-state index in [0.29, 0.717) is 0 Å². The highest BCUT2D eigenvalue weighted by atomic mass is 32.1. The molecule has 0 fully saturated rings. The highest BCUT2D eigenvalue weighted by Crippen LogP contribution is 2.32. The quantitative estimate of drug-likeness (QED) is 0.622. The Morgan fingerprint density at radius 3 is 2.52 bits per heavy atom. The average Bonchev–Trinajstić information content (AvgIpc) is 2.97. The van der Waals surface area contributed by atoms with Gasteiger partial charge in [-0.25, -0.2) is 9.36 Å². The molecule has 108 valence electrons. The van der Waals surface area contributed by atoms with E-state index in [1.807, 2.05) is 68.6 Å². The molecule has 4 heteroatoms. The van der Waals surface area contributed by atoms with Gasteiger partial charge in [0.1, 0.15) is 10.4 Å². The van der Waals surface area contributed by atoms with Crippen LogP contribution in [0, 0.1) is 0 Å². The fourth-order valence-electron chi connectivity index (χ4n) is 2.23. The maximum Gasteiger partial charge on any atom is 0.420 e. The molecule has 0 N–H and O–H groups in total. The van der Waals surface area contributed by atoms with E-state index >= 15 is 0 Å². The van der Waals surface area contributed by atoms with Crippen LogP contribution in [0.4, 0.5) is 4.79 Å². The Bertz CT molecular complexity index is 778. The monoisotopic (exact) mass is 299 g/mol. The van der Waals surface area contributed by atoms with Crippen LogP contribution in [0.25, 0.3) is 21.5 Å². The van der Waals surface area contributed by atoms with E-state index in [1.165, 1.54) is 0 Å². The van der Waals surface area contributed by atoms with Crippen LogP contribution in [0.3, 0.4) is 0 Å². The Morgan fingerprint density at radius 1 is 1.14 bits per heavy atom. The van der Waals surface area contributed by atoms with Crippen LogP contribution in [-0.4, -0.2) is 16.3 Å². The Labute approximate surface area is 127 Å². The van der Waals surface area contributed by atoms with Crippen LogP contribution in [-0.2, 0) is 4.74 Å². The molecule has 0 amide bonds. The van der Waals surface area contributed by atoms with Crippen LogP contribution < -0.4 is 0 Å². The Kier molecular flexibility index (Phi) is 3.33. The first-order valence-corrected chi connectivity index (χ1v) is 7.71. The maximum absolute atomic E-state index is 12.6. The summed E-state index contributed by atoms with van der Waals surface area (Å²) in [5.74, 6) is 0. The molecule has 0 atom stereocenters. The molecule has 0 radical (unpaired) electrons. The molecule has 0 aliphatic heterocycles. The van der Waals surface area contributed by atoms with Crippen molar-refractivity contribution in [3.63, 3.8) is 0 Å². The minimum atomic E-state index is -0.515. The molecule has 2 heterocycles. The van der Waals surface area contributed by atoms with Gasteiger partial charge < -0.3 is 4.74 Å². The van der Waals surface area contributed by atoms with Gasteiger partial charge in [-0.05, 0) is 43.8 Å². The number of hydrogen-bond donors (Lipinski definition) is 0. The summed E-state index contributed by atoms with van der Waals surface area (Å²) >= 11 is 1.55. The van der Waals surface area contributed by atoms with Gasteiger partial charge in [-0.1, -0.05) is 30.3 Å².